The Kier molecular flexibility index (Phi) is 7.35. The van der Waals surface area contributed by atoms with Crippen molar-refractivity contribution in [2.24, 2.45) is 5.92 Å². The summed E-state index contributed by atoms with van der Waals surface area (Å²) >= 11 is 6.37. The van der Waals surface area contributed by atoms with Gasteiger partial charge in [-0.2, -0.15) is 0 Å². The molecule has 4 heteroatoms. The van der Waals surface area contributed by atoms with E-state index in [-0.39, 0.29) is 0 Å². The molecule has 0 bridgehead atoms. The molecule has 0 unspecified atom stereocenters. The fourth-order valence-electron chi connectivity index (χ4n) is 1.89. The number of hydrogen-bond donors (Lipinski definition) is 1. The van der Waals surface area contributed by atoms with Crippen LogP contribution in [-0.4, -0.2) is 45.7 Å². The molecule has 0 amide bonds. The van der Waals surface area contributed by atoms with Gasteiger partial charge in [-0.3, -0.25) is 0 Å². The molecule has 1 aromatic rings. The van der Waals surface area contributed by atoms with Crippen LogP contribution < -0.4 is 10.2 Å². The van der Waals surface area contributed by atoms with E-state index < -0.39 is 0 Å². The average molecular weight is 298 g/mol. The molecule has 0 atom stereocenters. The van der Waals surface area contributed by atoms with E-state index in [1.165, 1.54) is 5.69 Å². The highest BCUT2D eigenvalue weighted by Gasteiger charge is 2.06. The summed E-state index contributed by atoms with van der Waals surface area (Å²) in [5, 5.41) is 4.27. The van der Waals surface area contributed by atoms with Gasteiger partial charge in [0.05, 0.1) is 0 Å². The largest absolute Gasteiger partial charge is 0.373 e. The van der Waals surface area contributed by atoms with Crippen LogP contribution in [0.2, 0.25) is 5.02 Å². The molecule has 3 nitrogen and oxygen atoms in total. The van der Waals surface area contributed by atoms with E-state index in [0.29, 0.717) is 5.92 Å². The minimum atomic E-state index is 0.658. The van der Waals surface area contributed by atoms with E-state index in [0.717, 1.165) is 36.8 Å². The van der Waals surface area contributed by atoms with Gasteiger partial charge in [0.15, 0.2) is 0 Å². The van der Waals surface area contributed by atoms with Crippen LogP contribution in [0.1, 0.15) is 19.4 Å². The van der Waals surface area contributed by atoms with E-state index in [1.54, 1.807) is 0 Å². The molecule has 1 N–H and O–H groups in total. The van der Waals surface area contributed by atoms with Gasteiger partial charge >= 0.3 is 0 Å². The molecule has 0 spiro atoms. The van der Waals surface area contributed by atoms with Gasteiger partial charge < -0.3 is 15.1 Å². The Bertz CT molecular complexity index is 405. The van der Waals surface area contributed by atoms with Gasteiger partial charge in [0.2, 0.25) is 0 Å². The molecule has 0 saturated carbocycles. The van der Waals surface area contributed by atoms with E-state index in [1.807, 2.05) is 0 Å². The van der Waals surface area contributed by atoms with Gasteiger partial charge in [0.25, 0.3) is 0 Å². The van der Waals surface area contributed by atoms with E-state index in [4.69, 9.17) is 11.6 Å². The van der Waals surface area contributed by atoms with E-state index in [2.05, 4.69) is 68.3 Å². The maximum Gasteiger partial charge on any atom is 0.0471 e. The highest BCUT2D eigenvalue weighted by Crippen LogP contribution is 2.23. The third-order valence-electron chi connectivity index (χ3n) is 3.23. The Morgan fingerprint density at radius 3 is 2.40 bits per heavy atom. The second-order valence-corrected chi connectivity index (χ2v) is 6.43. The smallest absolute Gasteiger partial charge is 0.0471 e. The number of likely N-dealkylation sites (N-methyl/N-ethyl adjacent to an activating group) is 2. The zero-order valence-electron chi connectivity index (χ0n) is 13.4. The summed E-state index contributed by atoms with van der Waals surface area (Å²) in [7, 11) is 6.28. The van der Waals surface area contributed by atoms with Crippen molar-refractivity contribution in [1.82, 2.24) is 10.2 Å². The lowest BCUT2D eigenvalue weighted by Crippen LogP contribution is -2.28. The lowest BCUT2D eigenvalue weighted by Gasteiger charge is -2.22. The second-order valence-electron chi connectivity index (χ2n) is 6.03. The first kappa shape index (κ1) is 17.3. The lowest BCUT2D eigenvalue weighted by atomic mass is 10.1. The number of rotatable bonds is 8. The molecular weight excluding hydrogens is 270 g/mol. The zero-order valence-corrected chi connectivity index (χ0v) is 14.2. The minimum absolute atomic E-state index is 0.658. The van der Waals surface area contributed by atoms with Crippen molar-refractivity contribution in [3.8, 4) is 0 Å². The summed E-state index contributed by atoms with van der Waals surface area (Å²) in [6, 6.07) is 6.33. The Morgan fingerprint density at radius 2 is 1.85 bits per heavy atom. The second kappa shape index (κ2) is 8.50. The summed E-state index contributed by atoms with van der Waals surface area (Å²) in [6.45, 7) is 8.29. The van der Waals surface area contributed by atoms with Crippen LogP contribution in [0.4, 0.5) is 5.69 Å². The fourth-order valence-corrected chi connectivity index (χ4v) is 2.13. The first-order valence-electron chi connectivity index (χ1n) is 7.25. The van der Waals surface area contributed by atoms with Crippen molar-refractivity contribution in [1.29, 1.82) is 0 Å². The number of nitrogens with zero attached hydrogens (tertiary/aromatic N) is 2. The highest BCUT2D eigenvalue weighted by atomic mass is 35.5. The van der Waals surface area contributed by atoms with Gasteiger partial charge in [-0.15, -0.1) is 0 Å². The first-order chi connectivity index (χ1) is 9.40. The minimum Gasteiger partial charge on any atom is -0.373 e. The monoisotopic (exact) mass is 297 g/mol. The molecule has 0 fully saturated rings. The van der Waals surface area contributed by atoms with Crippen LogP contribution in [0.3, 0.4) is 0 Å². The van der Waals surface area contributed by atoms with Crippen molar-refractivity contribution in [2.45, 2.75) is 20.4 Å². The van der Waals surface area contributed by atoms with Crippen LogP contribution in [-0.2, 0) is 6.54 Å². The predicted molar refractivity (Wildman–Crippen MR) is 89.8 cm³/mol. The third-order valence-corrected chi connectivity index (χ3v) is 3.58. The molecule has 1 rings (SSSR count). The summed E-state index contributed by atoms with van der Waals surface area (Å²) in [5.74, 6) is 0.658. The molecule has 1 aromatic carbocycles. The highest BCUT2D eigenvalue weighted by molar-refractivity contribution is 6.31. The van der Waals surface area contributed by atoms with E-state index in [9.17, 15) is 0 Å². The van der Waals surface area contributed by atoms with Crippen molar-refractivity contribution >= 4 is 17.3 Å². The number of halogens is 1. The summed E-state index contributed by atoms with van der Waals surface area (Å²) in [5.41, 5.74) is 2.33. The molecule has 0 aliphatic carbocycles. The molecule has 0 saturated heterocycles. The molecule has 0 radical (unpaired) electrons. The van der Waals surface area contributed by atoms with Crippen LogP contribution in [0, 0.1) is 5.92 Å². The van der Waals surface area contributed by atoms with Crippen molar-refractivity contribution in [2.75, 3.05) is 45.7 Å². The molecule has 0 aliphatic heterocycles. The number of hydrogen-bond acceptors (Lipinski definition) is 3. The topological polar surface area (TPSA) is 18.5 Å². The van der Waals surface area contributed by atoms with Crippen LogP contribution >= 0.6 is 11.6 Å². The van der Waals surface area contributed by atoms with Crippen molar-refractivity contribution in [3.63, 3.8) is 0 Å². The van der Waals surface area contributed by atoms with Crippen molar-refractivity contribution in [3.05, 3.63) is 28.8 Å². The van der Waals surface area contributed by atoms with Crippen LogP contribution in [0.25, 0.3) is 0 Å². The fraction of sp³-hybridized carbons (Fsp3) is 0.625. The van der Waals surface area contributed by atoms with E-state index >= 15 is 0 Å². The first-order valence-corrected chi connectivity index (χ1v) is 7.63. The lowest BCUT2D eigenvalue weighted by molar-refractivity contribution is 0.416. The molecular formula is C16H28ClN3. The Morgan fingerprint density at radius 1 is 1.15 bits per heavy atom. The van der Waals surface area contributed by atoms with Gasteiger partial charge in [-0.05, 0) is 44.3 Å². The maximum absolute atomic E-state index is 6.37. The third kappa shape index (κ3) is 6.12. The van der Waals surface area contributed by atoms with Gasteiger partial charge in [-0.25, -0.2) is 0 Å². The Balaban J connectivity index is 2.58. The summed E-state index contributed by atoms with van der Waals surface area (Å²) in [6.07, 6.45) is 0. The quantitative estimate of drug-likeness (QED) is 0.795. The number of benzene rings is 1. The Hall–Kier alpha value is -0.770. The van der Waals surface area contributed by atoms with Crippen LogP contribution in [0.5, 0.6) is 0 Å². The SMILES string of the molecule is CC(C)CNCc1ccc(N(C)CCN(C)C)cc1Cl. The normalized spacial score (nSPS) is 11.4. The average Bonchev–Trinajstić information content (AvgIpc) is 2.37. The zero-order chi connectivity index (χ0) is 15.1. The van der Waals surface area contributed by atoms with Gasteiger partial charge in [-0.1, -0.05) is 31.5 Å². The molecule has 0 heterocycles. The van der Waals surface area contributed by atoms with Gasteiger partial charge in [0.1, 0.15) is 0 Å². The molecule has 114 valence electrons. The number of anilines is 1. The summed E-state index contributed by atoms with van der Waals surface area (Å²) in [4.78, 5) is 4.42. The predicted octanol–water partition coefficient (Wildman–Crippen LogP) is 3.08. The van der Waals surface area contributed by atoms with Crippen molar-refractivity contribution < 1.29 is 0 Å². The van der Waals surface area contributed by atoms with Gasteiger partial charge in [0, 0.05) is 37.4 Å². The molecule has 0 aromatic heterocycles. The summed E-state index contributed by atoms with van der Waals surface area (Å²) < 4.78 is 0. The molecule has 0 aliphatic rings. The molecule has 20 heavy (non-hydrogen) atoms. The number of nitrogens with one attached hydrogen (secondary N) is 1. The van der Waals surface area contributed by atoms with Crippen LogP contribution in [0.15, 0.2) is 18.2 Å². The Labute approximate surface area is 128 Å². The maximum atomic E-state index is 6.37. The standard InChI is InChI=1S/C16H28ClN3/c1-13(2)11-18-12-14-6-7-15(10-16(14)17)20(5)9-8-19(3)4/h6-7,10,13,18H,8-9,11-12H2,1-5H3.